The molecular weight excluding hydrogens is 297 g/mol. The highest BCUT2D eigenvalue weighted by atomic mass is 16.5. The van der Waals surface area contributed by atoms with Crippen molar-refractivity contribution >= 4 is 13.3 Å². The van der Waals surface area contributed by atoms with E-state index in [1.54, 1.807) is 7.11 Å². The second-order valence-electron chi connectivity index (χ2n) is 6.25. The minimum atomic E-state index is 0.673. The summed E-state index contributed by atoms with van der Waals surface area (Å²) in [6.07, 6.45) is 3.38. The van der Waals surface area contributed by atoms with Crippen molar-refractivity contribution in [1.82, 2.24) is 4.90 Å². The molecule has 0 radical (unpaired) electrons. The monoisotopic (exact) mass is 321 g/mol. The third-order valence-electron chi connectivity index (χ3n) is 4.43. The molecule has 1 aliphatic rings. The number of hydrogen-bond acceptors (Lipinski definition) is 3. The molecule has 1 aliphatic heterocycles. The maximum atomic E-state index is 5.99. The first kappa shape index (κ1) is 16.7. The lowest BCUT2D eigenvalue weighted by Crippen LogP contribution is -2.29. The molecule has 2 aromatic carbocycles. The molecule has 0 aliphatic carbocycles. The van der Waals surface area contributed by atoms with E-state index in [1.807, 2.05) is 18.2 Å². The third kappa shape index (κ3) is 4.42. The number of benzene rings is 2. The second kappa shape index (κ2) is 8.07. The van der Waals surface area contributed by atoms with E-state index in [9.17, 15) is 0 Å². The Morgan fingerprint density at radius 1 is 1.12 bits per heavy atom. The summed E-state index contributed by atoms with van der Waals surface area (Å²) in [5.74, 6) is 1.80. The fourth-order valence-electron chi connectivity index (χ4n) is 2.95. The highest BCUT2D eigenvalue weighted by molar-refractivity contribution is 6.34. The molecule has 0 spiro atoms. The van der Waals surface area contributed by atoms with Crippen LogP contribution in [0.4, 0.5) is 0 Å². The molecule has 0 aromatic heterocycles. The molecule has 1 heterocycles. The Morgan fingerprint density at radius 2 is 1.96 bits per heavy atom. The van der Waals surface area contributed by atoms with Gasteiger partial charge in [0.1, 0.15) is 26.0 Å². The molecule has 0 fully saturated rings. The van der Waals surface area contributed by atoms with Gasteiger partial charge in [0, 0.05) is 19.6 Å². The van der Waals surface area contributed by atoms with Gasteiger partial charge < -0.3 is 9.47 Å². The standard InChI is InChI=1S/C20H24BNO2/c1-23-18-7-8-20(19(21)13-18)24-15-17-9-11-22(12-10-17)14-16-5-3-2-4-6-16/h2-9,13H,10-12,14-15,21H2,1H3. The predicted molar refractivity (Wildman–Crippen MR) is 101 cm³/mol. The fourth-order valence-corrected chi connectivity index (χ4v) is 2.95. The normalized spacial score (nSPS) is 15.0. The Labute approximate surface area is 145 Å². The molecule has 0 bridgehead atoms. The van der Waals surface area contributed by atoms with Gasteiger partial charge in [-0.15, -0.1) is 0 Å². The van der Waals surface area contributed by atoms with E-state index in [4.69, 9.17) is 9.47 Å². The van der Waals surface area contributed by atoms with E-state index in [-0.39, 0.29) is 0 Å². The Kier molecular flexibility index (Phi) is 5.60. The SMILES string of the molecule is Bc1cc(OC)ccc1OCC1=CCN(Cc2ccccc2)CC1. The summed E-state index contributed by atoms with van der Waals surface area (Å²) in [6, 6.07) is 16.6. The quantitative estimate of drug-likeness (QED) is 0.601. The summed E-state index contributed by atoms with van der Waals surface area (Å²) in [6.45, 7) is 3.77. The average molecular weight is 321 g/mol. The summed E-state index contributed by atoms with van der Waals surface area (Å²) >= 11 is 0. The van der Waals surface area contributed by atoms with Gasteiger partial charge in [0.05, 0.1) is 7.11 Å². The summed E-state index contributed by atoms with van der Waals surface area (Å²) in [4.78, 5) is 2.47. The molecule has 2 aromatic rings. The van der Waals surface area contributed by atoms with E-state index in [1.165, 1.54) is 11.1 Å². The van der Waals surface area contributed by atoms with E-state index >= 15 is 0 Å². The lowest BCUT2D eigenvalue weighted by molar-refractivity contribution is 0.270. The van der Waals surface area contributed by atoms with Gasteiger partial charge >= 0.3 is 0 Å². The van der Waals surface area contributed by atoms with Crippen LogP contribution in [0.1, 0.15) is 12.0 Å². The van der Waals surface area contributed by atoms with Crippen LogP contribution < -0.4 is 14.9 Å². The van der Waals surface area contributed by atoms with E-state index in [0.717, 1.165) is 43.0 Å². The minimum Gasteiger partial charge on any atom is -0.497 e. The number of rotatable bonds is 6. The molecule has 0 amide bonds. The maximum Gasteiger partial charge on any atom is 0.144 e. The van der Waals surface area contributed by atoms with Crippen molar-refractivity contribution in [3.05, 3.63) is 65.7 Å². The van der Waals surface area contributed by atoms with Crippen LogP contribution in [0.2, 0.25) is 0 Å². The topological polar surface area (TPSA) is 21.7 Å². The third-order valence-corrected chi connectivity index (χ3v) is 4.43. The Balaban J connectivity index is 1.51. The van der Waals surface area contributed by atoms with E-state index in [2.05, 4.69) is 49.2 Å². The van der Waals surface area contributed by atoms with Crippen molar-refractivity contribution in [2.75, 3.05) is 26.8 Å². The molecule has 0 N–H and O–H groups in total. The van der Waals surface area contributed by atoms with Gasteiger partial charge in [-0.1, -0.05) is 36.4 Å². The van der Waals surface area contributed by atoms with Crippen molar-refractivity contribution in [2.24, 2.45) is 0 Å². The predicted octanol–water partition coefficient (Wildman–Crippen LogP) is 2.16. The molecule has 0 unspecified atom stereocenters. The zero-order chi connectivity index (χ0) is 16.8. The minimum absolute atomic E-state index is 0.673. The molecule has 3 nitrogen and oxygen atoms in total. The van der Waals surface area contributed by atoms with Gasteiger partial charge in [-0.25, -0.2) is 0 Å². The van der Waals surface area contributed by atoms with Gasteiger partial charge in [-0.3, -0.25) is 4.90 Å². The van der Waals surface area contributed by atoms with Crippen molar-refractivity contribution in [1.29, 1.82) is 0 Å². The molecule has 124 valence electrons. The first-order chi connectivity index (χ1) is 11.7. The number of methoxy groups -OCH3 is 1. The average Bonchev–Trinajstić information content (AvgIpc) is 2.63. The van der Waals surface area contributed by atoms with Crippen LogP contribution in [0.25, 0.3) is 0 Å². The van der Waals surface area contributed by atoms with Gasteiger partial charge in [-0.2, -0.15) is 0 Å². The van der Waals surface area contributed by atoms with Crippen molar-refractivity contribution in [3.63, 3.8) is 0 Å². The van der Waals surface area contributed by atoms with Crippen molar-refractivity contribution < 1.29 is 9.47 Å². The summed E-state index contributed by atoms with van der Waals surface area (Å²) in [5, 5.41) is 0. The van der Waals surface area contributed by atoms with E-state index < -0.39 is 0 Å². The first-order valence-electron chi connectivity index (χ1n) is 8.46. The van der Waals surface area contributed by atoms with Gasteiger partial charge in [0.15, 0.2) is 0 Å². The van der Waals surface area contributed by atoms with Gasteiger partial charge in [0.25, 0.3) is 0 Å². The molecule has 0 atom stereocenters. The molecular formula is C20H24BNO2. The smallest absolute Gasteiger partial charge is 0.144 e. The van der Waals surface area contributed by atoms with Crippen LogP contribution in [-0.4, -0.2) is 39.6 Å². The van der Waals surface area contributed by atoms with Crippen LogP contribution in [-0.2, 0) is 6.54 Å². The molecule has 4 heteroatoms. The number of nitrogens with zero attached hydrogens (tertiary/aromatic N) is 1. The Bertz CT molecular complexity index is 700. The van der Waals surface area contributed by atoms with Gasteiger partial charge in [0.2, 0.25) is 0 Å². The van der Waals surface area contributed by atoms with Gasteiger partial charge in [-0.05, 0) is 41.2 Å². The highest BCUT2D eigenvalue weighted by Gasteiger charge is 2.12. The Morgan fingerprint density at radius 3 is 2.62 bits per heavy atom. The first-order valence-corrected chi connectivity index (χ1v) is 8.46. The number of ether oxygens (including phenoxy) is 2. The van der Waals surface area contributed by atoms with Crippen LogP contribution in [0.15, 0.2) is 60.2 Å². The summed E-state index contributed by atoms with van der Waals surface area (Å²) < 4.78 is 11.2. The summed E-state index contributed by atoms with van der Waals surface area (Å²) in [5.41, 5.74) is 3.87. The second-order valence-corrected chi connectivity index (χ2v) is 6.25. The van der Waals surface area contributed by atoms with Crippen LogP contribution >= 0.6 is 0 Å². The molecule has 3 rings (SSSR count). The van der Waals surface area contributed by atoms with Crippen molar-refractivity contribution in [3.8, 4) is 11.5 Å². The van der Waals surface area contributed by atoms with Crippen LogP contribution in [0.3, 0.4) is 0 Å². The van der Waals surface area contributed by atoms with Crippen LogP contribution in [0.5, 0.6) is 11.5 Å². The van der Waals surface area contributed by atoms with E-state index in [0.29, 0.717) is 6.61 Å². The largest absolute Gasteiger partial charge is 0.497 e. The Hall–Kier alpha value is -2.20. The lowest BCUT2D eigenvalue weighted by Gasteiger charge is -2.26. The zero-order valence-electron chi connectivity index (χ0n) is 14.5. The summed E-state index contributed by atoms with van der Waals surface area (Å²) in [7, 11) is 3.73. The highest BCUT2D eigenvalue weighted by Crippen LogP contribution is 2.18. The number of hydrogen-bond donors (Lipinski definition) is 0. The van der Waals surface area contributed by atoms with Crippen molar-refractivity contribution in [2.45, 2.75) is 13.0 Å². The molecule has 0 saturated carbocycles. The molecule has 0 saturated heterocycles. The zero-order valence-corrected chi connectivity index (χ0v) is 14.5. The fraction of sp³-hybridized carbons (Fsp3) is 0.300. The van der Waals surface area contributed by atoms with Crippen LogP contribution in [0, 0.1) is 0 Å². The lowest BCUT2D eigenvalue weighted by atomic mass is 9.95. The maximum absolute atomic E-state index is 5.99. The molecule has 24 heavy (non-hydrogen) atoms.